The average Bonchev–Trinajstić information content (AvgIpc) is 2.79. The van der Waals surface area contributed by atoms with Crippen LogP contribution in [0.2, 0.25) is 0 Å². The van der Waals surface area contributed by atoms with Crippen LogP contribution in [-0.2, 0) is 16.1 Å². The molecule has 1 aromatic carbocycles. The number of hydrogen-bond acceptors (Lipinski definition) is 5. The number of piperidine rings is 1. The number of para-hydroxylation sites is 1. The van der Waals surface area contributed by atoms with E-state index in [-0.39, 0.29) is 36.9 Å². The Morgan fingerprint density at radius 2 is 1.94 bits per heavy atom. The minimum Gasteiger partial charge on any atom is -0.356 e. The largest absolute Gasteiger partial charge is 0.356 e. The van der Waals surface area contributed by atoms with Gasteiger partial charge in [0, 0.05) is 32.1 Å². The van der Waals surface area contributed by atoms with Crippen LogP contribution in [-0.4, -0.2) is 58.5 Å². The lowest BCUT2D eigenvalue weighted by Gasteiger charge is -2.35. The molecule has 1 fully saturated rings. The average molecular weight is 428 g/mol. The first kappa shape index (κ1) is 22.9. The van der Waals surface area contributed by atoms with Crippen LogP contribution in [0.4, 0.5) is 0 Å². The zero-order valence-electron chi connectivity index (χ0n) is 18.3. The second-order valence-corrected chi connectivity index (χ2v) is 8.09. The number of amides is 2. The molecule has 2 heterocycles. The van der Waals surface area contributed by atoms with Crippen LogP contribution in [0.25, 0.3) is 10.9 Å². The number of carbonyl (C=O) groups is 2. The van der Waals surface area contributed by atoms with E-state index in [1.165, 1.54) is 36.6 Å². The second-order valence-electron chi connectivity index (χ2n) is 8.09. The Balaban J connectivity index is 1.32. The Morgan fingerprint density at radius 3 is 2.77 bits per heavy atom. The molecule has 1 atom stereocenters. The van der Waals surface area contributed by atoms with Crippen molar-refractivity contribution in [1.29, 1.82) is 0 Å². The first-order valence-electron chi connectivity index (χ1n) is 11.3. The van der Waals surface area contributed by atoms with Gasteiger partial charge in [0.15, 0.2) is 0 Å². The number of carbonyl (C=O) groups excluding carboxylic acids is 2. The van der Waals surface area contributed by atoms with Gasteiger partial charge in [0.2, 0.25) is 11.8 Å². The Bertz CT molecular complexity index is 942. The van der Waals surface area contributed by atoms with Gasteiger partial charge in [-0.15, -0.1) is 0 Å². The molecule has 2 N–H and O–H groups in total. The van der Waals surface area contributed by atoms with Crippen molar-refractivity contribution in [2.45, 2.75) is 58.0 Å². The third-order valence-electron chi connectivity index (χ3n) is 5.88. The van der Waals surface area contributed by atoms with E-state index in [4.69, 9.17) is 0 Å². The topological polar surface area (TPSA) is 96.3 Å². The number of nitrogens with zero attached hydrogens (tertiary/aromatic N) is 3. The molecule has 2 amide bonds. The molecule has 8 nitrogen and oxygen atoms in total. The summed E-state index contributed by atoms with van der Waals surface area (Å²) in [5.74, 6) is -0.391. The molecule has 168 valence electrons. The zero-order chi connectivity index (χ0) is 22.1. The highest BCUT2D eigenvalue weighted by molar-refractivity contribution is 5.80. The summed E-state index contributed by atoms with van der Waals surface area (Å²) in [6.07, 6.45) is 7.59. The van der Waals surface area contributed by atoms with Gasteiger partial charge in [-0.1, -0.05) is 25.5 Å². The van der Waals surface area contributed by atoms with Crippen molar-refractivity contribution in [3.8, 4) is 0 Å². The Hall–Kier alpha value is -2.74. The van der Waals surface area contributed by atoms with Crippen molar-refractivity contribution in [1.82, 2.24) is 25.1 Å². The van der Waals surface area contributed by atoms with Gasteiger partial charge in [0.1, 0.15) is 6.54 Å². The third kappa shape index (κ3) is 6.62. The van der Waals surface area contributed by atoms with Crippen molar-refractivity contribution in [3.05, 3.63) is 40.9 Å². The molecule has 1 aliphatic heterocycles. The van der Waals surface area contributed by atoms with Crippen molar-refractivity contribution < 1.29 is 9.59 Å². The molecule has 0 aliphatic carbocycles. The molecule has 0 unspecified atom stereocenters. The normalized spacial score (nSPS) is 16.9. The van der Waals surface area contributed by atoms with Crippen LogP contribution in [0, 0.1) is 0 Å². The van der Waals surface area contributed by atoms with E-state index < -0.39 is 0 Å². The molecule has 0 radical (unpaired) electrons. The SMILES string of the molecule is CC[C@@H]1CCCCN1CCCNC(=O)CCNC(=O)Cn1cnc2ccccc2c1=O. The van der Waals surface area contributed by atoms with Gasteiger partial charge in [-0.3, -0.25) is 19.0 Å². The van der Waals surface area contributed by atoms with Crippen molar-refractivity contribution >= 4 is 22.7 Å². The van der Waals surface area contributed by atoms with E-state index in [1.54, 1.807) is 18.2 Å². The predicted octanol–water partition coefficient (Wildman–Crippen LogP) is 1.67. The highest BCUT2D eigenvalue weighted by Gasteiger charge is 2.19. The minimum atomic E-state index is -0.317. The molecule has 1 aliphatic rings. The maximum Gasteiger partial charge on any atom is 0.261 e. The van der Waals surface area contributed by atoms with Crippen LogP contribution < -0.4 is 16.2 Å². The molecule has 0 saturated carbocycles. The third-order valence-corrected chi connectivity index (χ3v) is 5.88. The summed E-state index contributed by atoms with van der Waals surface area (Å²) in [6, 6.07) is 7.71. The van der Waals surface area contributed by atoms with E-state index in [0.29, 0.717) is 23.5 Å². The molecule has 0 bridgehead atoms. The smallest absolute Gasteiger partial charge is 0.261 e. The lowest BCUT2D eigenvalue weighted by Crippen LogP contribution is -2.40. The summed E-state index contributed by atoms with van der Waals surface area (Å²) in [5.41, 5.74) is 0.351. The fraction of sp³-hybridized carbons (Fsp3) is 0.565. The van der Waals surface area contributed by atoms with Crippen molar-refractivity contribution in [2.24, 2.45) is 0 Å². The highest BCUT2D eigenvalue weighted by Crippen LogP contribution is 2.19. The van der Waals surface area contributed by atoms with Crippen molar-refractivity contribution in [2.75, 3.05) is 26.2 Å². The summed E-state index contributed by atoms with van der Waals surface area (Å²) < 4.78 is 1.28. The molecule has 2 aromatic rings. The molecule has 8 heteroatoms. The monoisotopic (exact) mass is 427 g/mol. The number of likely N-dealkylation sites (tertiary alicyclic amines) is 1. The lowest BCUT2D eigenvalue weighted by molar-refractivity contribution is -0.122. The zero-order valence-corrected chi connectivity index (χ0v) is 18.3. The number of aromatic nitrogens is 2. The number of benzene rings is 1. The highest BCUT2D eigenvalue weighted by atomic mass is 16.2. The van der Waals surface area contributed by atoms with E-state index in [9.17, 15) is 14.4 Å². The molecule has 1 aromatic heterocycles. The van der Waals surface area contributed by atoms with Gasteiger partial charge in [0.25, 0.3) is 5.56 Å². The van der Waals surface area contributed by atoms with Gasteiger partial charge >= 0.3 is 0 Å². The summed E-state index contributed by atoms with van der Waals surface area (Å²) in [4.78, 5) is 43.3. The first-order valence-corrected chi connectivity index (χ1v) is 11.3. The van der Waals surface area contributed by atoms with Gasteiger partial charge in [-0.05, 0) is 44.4 Å². The molecular formula is C23H33N5O3. The Kier molecular flexibility index (Phi) is 8.58. The fourth-order valence-electron chi connectivity index (χ4n) is 4.16. The summed E-state index contributed by atoms with van der Waals surface area (Å²) in [5, 5.41) is 6.10. The molecule has 0 spiro atoms. The molecule has 1 saturated heterocycles. The minimum absolute atomic E-state index is 0.0736. The number of fused-ring (bicyclic) bond motifs is 1. The van der Waals surface area contributed by atoms with Gasteiger partial charge in [-0.2, -0.15) is 0 Å². The van der Waals surface area contributed by atoms with Gasteiger partial charge in [0.05, 0.1) is 17.2 Å². The Morgan fingerprint density at radius 1 is 1.13 bits per heavy atom. The van der Waals surface area contributed by atoms with Crippen LogP contribution in [0.15, 0.2) is 35.4 Å². The molecule has 31 heavy (non-hydrogen) atoms. The van der Waals surface area contributed by atoms with Crippen molar-refractivity contribution in [3.63, 3.8) is 0 Å². The van der Waals surface area contributed by atoms with E-state index in [1.807, 2.05) is 6.07 Å². The van der Waals surface area contributed by atoms with Crippen LogP contribution in [0.1, 0.15) is 45.4 Å². The number of rotatable bonds is 10. The van der Waals surface area contributed by atoms with Gasteiger partial charge in [-0.25, -0.2) is 4.98 Å². The van der Waals surface area contributed by atoms with E-state index in [2.05, 4.69) is 27.4 Å². The van der Waals surface area contributed by atoms with Crippen LogP contribution in [0.5, 0.6) is 0 Å². The summed E-state index contributed by atoms with van der Waals surface area (Å²) in [7, 11) is 0. The number of hydrogen-bond donors (Lipinski definition) is 2. The summed E-state index contributed by atoms with van der Waals surface area (Å²) in [6.45, 7) is 5.19. The van der Waals surface area contributed by atoms with Gasteiger partial charge < -0.3 is 15.5 Å². The van der Waals surface area contributed by atoms with Crippen LogP contribution in [0.3, 0.4) is 0 Å². The maximum atomic E-state index is 12.4. The molecular weight excluding hydrogens is 394 g/mol. The second kappa shape index (κ2) is 11.6. The summed E-state index contributed by atoms with van der Waals surface area (Å²) >= 11 is 0. The fourth-order valence-corrected chi connectivity index (χ4v) is 4.16. The Labute approximate surface area is 183 Å². The maximum absolute atomic E-state index is 12.4. The van der Waals surface area contributed by atoms with E-state index in [0.717, 1.165) is 19.5 Å². The standard InChI is InChI=1S/C23H33N5O3/c1-2-18-8-5-6-14-27(18)15-7-12-24-21(29)11-13-25-22(30)16-28-17-26-20-10-4-3-9-19(20)23(28)31/h3-4,9-10,17-18H,2,5-8,11-16H2,1H3,(H,24,29)(H,25,30)/t18-/m1/s1. The predicted molar refractivity (Wildman–Crippen MR) is 121 cm³/mol. The quantitative estimate of drug-likeness (QED) is 0.563. The van der Waals surface area contributed by atoms with E-state index >= 15 is 0 Å². The van der Waals surface area contributed by atoms with Crippen LogP contribution >= 0.6 is 0 Å². The number of nitrogens with one attached hydrogen (secondary N) is 2. The first-order chi connectivity index (χ1) is 15.1. The molecule has 3 rings (SSSR count). The lowest BCUT2D eigenvalue weighted by atomic mass is 10.00.